The van der Waals surface area contributed by atoms with Crippen LogP contribution in [0.15, 0.2) is 36.4 Å². The Labute approximate surface area is 113 Å². The number of hydrogen-bond donors (Lipinski definition) is 1. The molecule has 0 aliphatic heterocycles. The number of ether oxygens (including phenoxy) is 1. The molecule has 0 aromatic heterocycles. The second kappa shape index (κ2) is 5.14. The van der Waals surface area contributed by atoms with Crippen molar-refractivity contribution in [1.29, 1.82) is 0 Å². The van der Waals surface area contributed by atoms with Crippen LogP contribution in [0.1, 0.15) is 27.0 Å². The number of carbonyl (C=O) groups is 1. The highest BCUT2D eigenvalue weighted by molar-refractivity contribution is 6.11. The SMILES string of the molecule is COc1cc(C)c(C(=O)c2cccc(N)c2)c(C)c1. The number of methoxy groups -OCH3 is 1. The van der Waals surface area contributed by atoms with E-state index in [2.05, 4.69) is 0 Å². The molecular weight excluding hydrogens is 238 g/mol. The molecule has 2 aromatic rings. The second-order valence-electron chi connectivity index (χ2n) is 4.59. The van der Waals surface area contributed by atoms with Gasteiger partial charge in [-0.2, -0.15) is 0 Å². The number of carbonyl (C=O) groups excluding carboxylic acids is 1. The van der Waals surface area contributed by atoms with E-state index in [0.29, 0.717) is 16.8 Å². The van der Waals surface area contributed by atoms with Gasteiger partial charge in [-0.3, -0.25) is 4.79 Å². The molecule has 3 nitrogen and oxygen atoms in total. The predicted molar refractivity (Wildman–Crippen MR) is 76.8 cm³/mol. The third kappa shape index (κ3) is 2.60. The number of hydrogen-bond acceptors (Lipinski definition) is 3. The molecule has 0 spiro atoms. The van der Waals surface area contributed by atoms with E-state index in [0.717, 1.165) is 16.9 Å². The van der Waals surface area contributed by atoms with Crippen molar-refractivity contribution in [2.75, 3.05) is 12.8 Å². The zero-order chi connectivity index (χ0) is 14.0. The maximum Gasteiger partial charge on any atom is 0.193 e. The molecular formula is C16H17NO2. The van der Waals surface area contributed by atoms with E-state index in [4.69, 9.17) is 10.5 Å². The Balaban J connectivity index is 2.50. The molecule has 0 bridgehead atoms. The molecule has 0 fully saturated rings. The number of nitrogen functional groups attached to an aromatic ring is 1. The van der Waals surface area contributed by atoms with Gasteiger partial charge in [0.15, 0.2) is 5.78 Å². The van der Waals surface area contributed by atoms with Gasteiger partial charge >= 0.3 is 0 Å². The summed E-state index contributed by atoms with van der Waals surface area (Å²) in [6.07, 6.45) is 0. The first-order chi connectivity index (χ1) is 9.02. The minimum Gasteiger partial charge on any atom is -0.497 e. The fraction of sp³-hybridized carbons (Fsp3) is 0.188. The molecule has 0 aliphatic carbocycles. The van der Waals surface area contributed by atoms with Gasteiger partial charge < -0.3 is 10.5 Å². The summed E-state index contributed by atoms with van der Waals surface area (Å²) in [7, 11) is 1.62. The van der Waals surface area contributed by atoms with Gasteiger partial charge in [0.1, 0.15) is 5.75 Å². The first-order valence-corrected chi connectivity index (χ1v) is 6.08. The van der Waals surface area contributed by atoms with Gasteiger partial charge in [-0.15, -0.1) is 0 Å². The second-order valence-corrected chi connectivity index (χ2v) is 4.59. The van der Waals surface area contributed by atoms with E-state index >= 15 is 0 Å². The Bertz CT molecular complexity index is 609. The molecule has 19 heavy (non-hydrogen) atoms. The first-order valence-electron chi connectivity index (χ1n) is 6.08. The molecule has 0 saturated heterocycles. The maximum atomic E-state index is 12.5. The highest BCUT2D eigenvalue weighted by Gasteiger charge is 2.15. The molecule has 0 atom stereocenters. The first kappa shape index (κ1) is 13.1. The summed E-state index contributed by atoms with van der Waals surface area (Å²) in [6, 6.07) is 10.8. The molecule has 2 N–H and O–H groups in total. The van der Waals surface area contributed by atoms with E-state index in [-0.39, 0.29) is 5.78 Å². The number of anilines is 1. The lowest BCUT2D eigenvalue weighted by atomic mass is 9.94. The lowest BCUT2D eigenvalue weighted by Crippen LogP contribution is -2.07. The van der Waals surface area contributed by atoms with Gasteiger partial charge in [-0.1, -0.05) is 12.1 Å². The summed E-state index contributed by atoms with van der Waals surface area (Å²) in [5.74, 6) is 0.754. The quantitative estimate of drug-likeness (QED) is 0.677. The van der Waals surface area contributed by atoms with Crippen molar-refractivity contribution in [2.45, 2.75) is 13.8 Å². The standard InChI is InChI=1S/C16H17NO2/c1-10-7-14(19-3)8-11(2)15(10)16(18)12-5-4-6-13(17)9-12/h4-9H,17H2,1-3H3. The molecule has 0 amide bonds. The van der Waals surface area contributed by atoms with Crippen LogP contribution in [0.3, 0.4) is 0 Å². The number of ketones is 1. The van der Waals surface area contributed by atoms with Crippen LogP contribution >= 0.6 is 0 Å². The number of rotatable bonds is 3. The monoisotopic (exact) mass is 255 g/mol. The molecule has 3 heteroatoms. The van der Waals surface area contributed by atoms with Gasteiger partial charge in [-0.05, 0) is 49.2 Å². The summed E-state index contributed by atoms with van der Waals surface area (Å²) < 4.78 is 5.20. The molecule has 0 heterocycles. The molecule has 2 rings (SSSR count). The fourth-order valence-corrected chi connectivity index (χ4v) is 2.22. The van der Waals surface area contributed by atoms with Crippen LogP contribution in [-0.4, -0.2) is 12.9 Å². The summed E-state index contributed by atoms with van der Waals surface area (Å²) in [5, 5.41) is 0. The zero-order valence-corrected chi connectivity index (χ0v) is 11.4. The van der Waals surface area contributed by atoms with E-state index in [1.807, 2.05) is 26.0 Å². The highest BCUT2D eigenvalue weighted by atomic mass is 16.5. The van der Waals surface area contributed by atoms with Crippen LogP contribution in [0.5, 0.6) is 5.75 Å². The average molecular weight is 255 g/mol. The van der Waals surface area contributed by atoms with E-state index in [1.165, 1.54) is 0 Å². The summed E-state index contributed by atoms with van der Waals surface area (Å²) in [6.45, 7) is 3.82. The Hall–Kier alpha value is -2.29. The van der Waals surface area contributed by atoms with Crippen LogP contribution in [0.4, 0.5) is 5.69 Å². The highest BCUT2D eigenvalue weighted by Crippen LogP contribution is 2.24. The number of aryl methyl sites for hydroxylation is 2. The van der Waals surface area contributed by atoms with Gasteiger partial charge in [0.05, 0.1) is 7.11 Å². The minimum absolute atomic E-state index is 0.00930. The van der Waals surface area contributed by atoms with Crippen molar-refractivity contribution >= 4 is 11.5 Å². The third-order valence-electron chi connectivity index (χ3n) is 3.12. The van der Waals surface area contributed by atoms with Crippen LogP contribution in [0.2, 0.25) is 0 Å². The fourth-order valence-electron chi connectivity index (χ4n) is 2.22. The molecule has 0 unspecified atom stereocenters. The van der Waals surface area contributed by atoms with Crippen LogP contribution in [0.25, 0.3) is 0 Å². The lowest BCUT2D eigenvalue weighted by molar-refractivity contribution is 0.103. The lowest BCUT2D eigenvalue weighted by Gasteiger charge is -2.11. The van der Waals surface area contributed by atoms with Crippen molar-refractivity contribution in [3.63, 3.8) is 0 Å². The number of benzene rings is 2. The van der Waals surface area contributed by atoms with Crippen molar-refractivity contribution < 1.29 is 9.53 Å². The normalized spacial score (nSPS) is 10.3. The summed E-state index contributed by atoms with van der Waals surface area (Å²) >= 11 is 0. The molecule has 0 saturated carbocycles. The largest absolute Gasteiger partial charge is 0.497 e. The topological polar surface area (TPSA) is 52.3 Å². The summed E-state index contributed by atoms with van der Waals surface area (Å²) in [4.78, 5) is 12.5. The Morgan fingerprint density at radius 1 is 1.11 bits per heavy atom. The van der Waals surface area contributed by atoms with Crippen molar-refractivity contribution in [1.82, 2.24) is 0 Å². The molecule has 0 radical (unpaired) electrons. The van der Waals surface area contributed by atoms with Crippen LogP contribution in [-0.2, 0) is 0 Å². The van der Waals surface area contributed by atoms with Gasteiger partial charge in [0.2, 0.25) is 0 Å². The van der Waals surface area contributed by atoms with E-state index in [9.17, 15) is 4.79 Å². The van der Waals surface area contributed by atoms with Gasteiger partial charge in [0.25, 0.3) is 0 Å². The number of nitrogens with two attached hydrogens (primary N) is 1. The predicted octanol–water partition coefficient (Wildman–Crippen LogP) is 3.13. The van der Waals surface area contributed by atoms with Crippen LogP contribution in [0, 0.1) is 13.8 Å². The van der Waals surface area contributed by atoms with Crippen molar-refractivity contribution in [3.05, 3.63) is 58.7 Å². The molecule has 98 valence electrons. The zero-order valence-electron chi connectivity index (χ0n) is 11.4. The van der Waals surface area contributed by atoms with Crippen molar-refractivity contribution in [3.8, 4) is 5.75 Å². The summed E-state index contributed by atoms with van der Waals surface area (Å²) in [5.41, 5.74) is 9.45. The molecule has 0 aliphatic rings. The maximum absolute atomic E-state index is 12.5. The van der Waals surface area contributed by atoms with E-state index < -0.39 is 0 Å². The third-order valence-corrected chi connectivity index (χ3v) is 3.12. The minimum atomic E-state index is -0.00930. The Morgan fingerprint density at radius 2 is 1.74 bits per heavy atom. The average Bonchev–Trinajstić information content (AvgIpc) is 2.37. The van der Waals surface area contributed by atoms with Gasteiger partial charge in [-0.25, -0.2) is 0 Å². The van der Waals surface area contributed by atoms with Crippen LogP contribution < -0.4 is 10.5 Å². The van der Waals surface area contributed by atoms with Crippen molar-refractivity contribution in [2.24, 2.45) is 0 Å². The van der Waals surface area contributed by atoms with E-state index in [1.54, 1.807) is 31.4 Å². The Morgan fingerprint density at radius 3 is 2.26 bits per heavy atom. The Kier molecular flexibility index (Phi) is 3.56. The smallest absolute Gasteiger partial charge is 0.193 e. The molecule has 2 aromatic carbocycles. The van der Waals surface area contributed by atoms with Gasteiger partial charge in [0, 0.05) is 16.8 Å².